The Morgan fingerprint density at radius 3 is 2.69 bits per heavy atom. The van der Waals surface area contributed by atoms with E-state index < -0.39 is 23.1 Å². The molecule has 1 atom stereocenters. The molecule has 4 aromatic rings. The van der Waals surface area contributed by atoms with Gasteiger partial charge < -0.3 is 28.7 Å². The highest BCUT2D eigenvalue weighted by molar-refractivity contribution is 5.86. The second-order valence-corrected chi connectivity index (χ2v) is 7.33. The number of carbonyl (C=O) groups is 1. The van der Waals surface area contributed by atoms with Gasteiger partial charge >= 0.3 is 11.6 Å². The van der Waals surface area contributed by atoms with E-state index in [-0.39, 0.29) is 41.1 Å². The minimum atomic E-state index is -1.11. The molecule has 0 aliphatic carbocycles. The summed E-state index contributed by atoms with van der Waals surface area (Å²) in [4.78, 5) is 40.8. The molecule has 0 unspecified atom stereocenters. The van der Waals surface area contributed by atoms with E-state index in [4.69, 9.17) is 18.6 Å². The van der Waals surface area contributed by atoms with E-state index in [0.29, 0.717) is 22.4 Å². The highest BCUT2D eigenvalue weighted by Gasteiger charge is 2.30. The number of esters is 1. The zero-order chi connectivity index (χ0) is 22.4. The number of benzene rings is 2. The Bertz CT molecular complexity index is 1500. The van der Waals surface area contributed by atoms with Crippen molar-refractivity contribution in [3.8, 4) is 17.2 Å². The molecule has 1 aliphatic rings. The highest BCUT2D eigenvalue weighted by atomic mass is 16.7. The summed E-state index contributed by atoms with van der Waals surface area (Å²) in [5, 5.41) is 11.8. The van der Waals surface area contributed by atoms with E-state index in [0.717, 1.165) is 0 Å². The maximum Gasteiger partial charge on any atom is 0.343 e. The van der Waals surface area contributed by atoms with E-state index in [2.05, 4.69) is 4.98 Å². The van der Waals surface area contributed by atoms with Crippen LogP contribution in [0.15, 0.2) is 56.5 Å². The van der Waals surface area contributed by atoms with Gasteiger partial charge in [0.05, 0.1) is 30.0 Å². The molecule has 0 saturated carbocycles. The van der Waals surface area contributed by atoms with Crippen LogP contribution in [0.5, 0.6) is 17.2 Å². The molecule has 1 aliphatic heterocycles. The van der Waals surface area contributed by atoms with Crippen molar-refractivity contribution in [1.82, 2.24) is 4.98 Å². The minimum absolute atomic E-state index is 0.0692. The first-order valence-electron chi connectivity index (χ1n) is 9.74. The molecule has 0 saturated heterocycles. The summed E-state index contributed by atoms with van der Waals surface area (Å²) >= 11 is 0. The minimum Gasteiger partial charge on any atom is -0.507 e. The predicted molar refractivity (Wildman–Crippen MR) is 113 cm³/mol. The third kappa shape index (κ3) is 3.15. The second-order valence-electron chi connectivity index (χ2n) is 7.33. The molecule has 2 aromatic carbocycles. The number of aromatic nitrogens is 1. The summed E-state index contributed by atoms with van der Waals surface area (Å²) in [5.74, 6) is -1.11. The Labute approximate surface area is 179 Å². The molecule has 0 fully saturated rings. The summed E-state index contributed by atoms with van der Waals surface area (Å²) in [7, 11) is 1.20. The van der Waals surface area contributed by atoms with Gasteiger partial charge in [-0.15, -0.1) is 0 Å². The Hall–Kier alpha value is -4.27. The van der Waals surface area contributed by atoms with E-state index >= 15 is 0 Å². The number of pyridine rings is 1. The normalized spacial score (nSPS) is 13.4. The second kappa shape index (κ2) is 7.45. The Morgan fingerprint density at radius 1 is 1.16 bits per heavy atom. The molecule has 0 radical (unpaired) electrons. The maximum absolute atomic E-state index is 13.0. The van der Waals surface area contributed by atoms with Gasteiger partial charge in [-0.25, -0.2) is 4.79 Å². The van der Waals surface area contributed by atoms with Crippen molar-refractivity contribution in [2.24, 2.45) is 0 Å². The molecule has 0 amide bonds. The zero-order valence-electron chi connectivity index (χ0n) is 16.8. The third-order valence-electron chi connectivity index (χ3n) is 5.51. The molecule has 9 nitrogen and oxygen atoms in total. The fourth-order valence-electron chi connectivity index (χ4n) is 3.94. The van der Waals surface area contributed by atoms with Gasteiger partial charge in [-0.1, -0.05) is 12.1 Å². The summed E-state index contributed by atoms with van der Waals surface area (Å²) in [6.45, 7) is 0.0692. The quantitative estimate of drug-likeness (QED) is 0.370. The maximum atomic E-state index is 13.0. The standard InChI is InChI=1S/C23H17NO8/c1-29-19(25)8-13(20-21(26)12-4-2-3-5-16(12)32-23(20)28)14-6-11-7-17-18(31-10-30-17)9-15(11)24-22(14)27/h2-7,9,13,26H,8,10H2,1H3,(H,24,27)/t13-/m0/s1. The van der Waals surface area contributed by atoms with E-state index in [1.165, 1.54) is 7.11 Å². The van der Waals surface area contributed by atoms with Crippen molar-refractivity contribution in [3.05, 3.63) is 74.4 Å². The lowest BCUT2D eigenvalue weighted by Gasteiger charge is -2.17. The summed E-state index contributed by atoms with van der Waals surface area (Å²) in [6.07, 6.45) is -0.355. The molecule has 3 heterocycles. The van der Waals surface area contributed by atoms with Crippen molar-refractivity contribution in [3.63, 3.8) is 0 Å². The van der Waals surface area contributed by atoms with Crippen LogP contribution in [-0.2, 0) is 9.53 Å². The average molecular weight is 435 g/mol. The van der Waals surface area contributed by atoms with Crippen LogP contribution in [0.25, 0.3) is 21.9 Å². The summed E-state index contributed by atoms with van der Waals surface area (Å²) in [6, 6.07) is 11.3. The molecule has 2 aromatic heterocycles. The fourth-order valence-corrected chi connectivity index (χ4v) is 3.94. The number of aromatic amines is 1. The van der Waals surface area contributed by atoms with Gasteiger partial charge in [0.15, 0.2) is 11.5 Å². The van der Waals surface area contributed by atoms with Crippen LogP contribution in [0.2, 0.25) is 0 Å². The van der Waals surface area contributed by atoms with Gasteiger partial charge in [0.1, 0.15) is 11.3 Å². The smallest absolute Gasteiger partial charge is 0.343 e. The van der Waals surface area contributed by atoms with Crippen molar-refractivity contribution < 1.29 is 28.5 Å². The first-order chi connectivity index (χ1) is 15.5. The van der Waals surface area contributed by atoms with Crippen LogP contribution in [0.3, 0.4) is 0 Å². The number of hydrogen-bond donors (Lipinski definition) is 2. The van der Waals surface area contributed by atoms with Crippen LogP contribution in [0.4, 0.5) is 0 Å². The Morgan fingerprint density at radius 2 is 1.91 bits per heavy atom. The van der Waals surface area contributed by atoms with Gasteiger partial charge in [0.25, 0.3) is 5.56 Å². The number of methoxy groups -OCH3 is 1. The summed E-state index contributed by atoms with van der Waals surface area (Å²) in [5.41, 5.74) is -0.790. The lowest BCUT2D eigenvalue weighted by atomic mass is 9.88. The molecule has 2 N–H and O–H groups in total. The van der Waals surface area contributed by atoms with Crippen molar-refractivity contribution >= 4 is 27.8 Å². The van der Waals surface area contributed by atoms with Crippen molar-refractivity contribution in [1.29, 1.82) is 0 Å². The first kappa shape index (κ1) is 19.7. The molecule has 0 bridgehead atoms. The molecule has 9 heteroatoms. The van der Waals surface area contributed by atoms with Gasteiger partial charge in [-0.3, -0.25) is 9.59 Å². The molecule has 162 valence electrons. The fraction of sp³-hybridized carbons (Fsp3) is 0.174. The predicted octanol–water partition coefficient (Wildman–Crippen LogP) is 2.76. The largest absolute Gasteiger partial charge is 0.507 e. The number of H-pyrrole nitrogens is 1. The molecule has 0 spiro atoms. The van der Waals surface area contributed by atoms with Gasteiger partial charge in [-0.05, 0) is 24.3 Å². The van der Waals surface area contributed by atoms with Crippen LogP contribution < -0.4 is 20.7 Å². The van der Waals surface area contributed by atoms with Crippen LogP contribution >= 0.6 is 0 Å². The van der Waals surface area contributed by atoms with Crippen LogP contribution in [0.1, 0.15) is 23.5 Å². The number of nitrogens with one attached hydrogen (secondary N) is 1. The average Bonchev–Trinajstić information content (AvgIpc) is 3.23. The lowest BCUT2D eigenvalue weighted by Crippen LogP contribution is -2.24. The molecular formula is C23H17NO8. The monoisotopic (exact) mass is 435 g/mol. The van der Waals surface area contributed by atoms with Gasteiger partial charge in [0, 0.05) is 22.9 Å². The van der Waals surface area contributed by atoms with Crippen molar-refractivity contribution in [2.75, 3.05) is 13.9 Å². The highest BCUT2D eigenvalue weighted by Crippen LogP contribution is 2.38. The topological polar surface area (TPSA) is 128 Å². The van der Waals surface area contributed by atoms with E-state index in [1.54, 1.807) is 42.5 Å². The zero-order valence-corrected chi connectivity index (χ0v) is 16.8. The number of carbonyl (C=O) groups excluding carboxylic acids is 1. The first-order valence-corrected chi connectivity index (χ1v) is 9.74. The van der Waals surface area contributed by atoms with Crippen molar-refractivity contribution in [2.45, 2.75) is 12.3 Å². The molecular weight excluding hydrogens is 418 g/mol. The SMILES string of the molecule is COC(=O)C[C@@H](c1cc2cc3c(cc2[nH]c1=O)OCO3)c1c(O)c2ccccc2oc1=O. The van der Waals surface area contributed by atoms with Gasteiger partial charge in [0.2, 0.25) is 6.79 Å². The van der Waals surface area contributed by atoms with Crippen LogP contribution in [0, 0.1) is 0 Å². The number of ether oxygens (including phenoxy) is 3. The Kier molecular flexibility index (Phi) is 4.58. The van der Waals surface area contributed by atoms with E-state index in [1.807, 2.05) is 0 Å². The Balaban J connectivity index is 1.76. The number of fused-ring (bicyclic) bond motifs is 3. The number of hydrogen-bond acceptors (Lipinski definition) is 8. The molecule has 32 heavy (non-hydrogen) atoms. The number of aromatic hydroxyl groups is 1. The van der Waals surface area contributed by atoms with Gasteiger partial charge in [-0.2, -0.15) is 0 Å². The van der Waals surface area contributed by atoms with Crippen LogP contribution in [-0.4, -0.2) is 30.0 Å². The molecule has 5 rings (SSSR count). The number of para-hydroxylation sites is 1. The number of rotatable bonds is 4. The van der Waals surface area contributed by atoms with E-state index in [9.17, 15) is 19.5 Å². The summed E-state index contributed by atoms with van der Waals surface area (Å²) < 4.78 is 20.9. The lowest BCUT2D eigenvalue weighted by molar-refractivity contribution is -0.140. The third-order valence-corrected chi connectivity index (χ3v) is 5.51.